The number of hydrogen-bond donors (Lipinski definition) is 1. The second-order valence-corrected chi connectivity index (χ2v) is 6.90. The minimum Gasteiger partial charge on any atom is -0.351 e. The molecule has 0 atom stereocenters. The van der Waals surface area contributed by atoms with E-state index in [1.54, 1.807) is 0 Å². The maximum atomic E-state index is 12.0. The van der Waals surface area contributed by atoms with E-state index in [-0.39, 0.29) is 11.6 Å². The predicted octanol–water partition coefficient (Wildman–Crippen LogP) is 2.48. The van der Waals surface area contributed by atoms with Gasteiger partial charge < -0.3 is 5.32 Å². The van der Waals surface area contributed by atoms with Gasteiger partial charge >= 0.3 is 0 Å². The van der Waals surface area contributed by atoms with Gasteiger partial charge in [-0.2, -0.15) is 10.2 Å². The molecule has 0 bridgehead atoms. The van der Waals surface area contributed by atoms with E-state index in [1.807, 2.05) is 0 Å². The fraction of sp³-hybridized carbons (Fsp3) is 0.824. The summed E-state index contributed by atoms with van der Waals surface area (Å²) >= 11 is 0. The Balaban J connectivity index is 1.30. The van der Waals surface area contributed by atoms with Crippen molar-refractivity contribution in [1.29, 1.82) is 0 Å². The molecule has 2 heterocycles. The summed E-state index contributed by atoms with van der Waals surface area (Å²) in [6.07, 6.45) is 14.7. The summed E-state index contributed by atoms with van der Waals surface area (Å²) in [6.45, 7) is 2.04. The highest BCUT2D eigenvalue weighted by molar-refractivity contribution is 5.76. The molecule has 2 aliphatic heterocycles. The average molecular weight is 302 g/mol. The lowest BCUT2D eigenvalue weighted by Gasteiger charge is -2.45. The molecule has 1 amide bonds. The van der Waals surface area contributed by atoms with Gasteiger partial charge in [-0.15, -0.1) is 12.3 Å². The standard InChI is InChI=1S/C17H26N4O/c1-2-3-10-17(19-20-17)11-9-16(22)18-14-12-21(13-14)15-7-5-4-6-8-15/h1,14-15H,3-13H2,(H,18,22). The number of carbonyl (C=O) groups is 1. The van der Waals surface area contributed by atoms with Crippen LogP contribution in [0.25, 0.3) is 0 Å². The van der Waals surface area contributed by atoms with E-state index in [1.165, 1.54) is 32.1 Å². The number of carbonyl (C=O) groups excluding carboxylic acids is 1. The maximum absolute atomic E-state index is 12.0. The van der Waals surface area contributed by atoms with Gasteiger partial charge in [0.1, 0.15) is 0 Å². The number of nitrogens with zero attached hydrogens (tertiary/aromatic N) is 3. The Bertz CT molecular complexity index is 464. The van der Waals surface area contributed by atoms with E-state index in [9.17, 15) is 4.79 Å². The maximum Gasteiger partial charge on any atom is 0.220 e. The highest BCUT2D eigenvalue weighted by Crippen LogP contribution is 2.37. The Morgan fingerprint density at radius 3 is 2.59 bits per heavy atom. The molecule has 1 aliphatic carbocycles. The first-order valence-electron chi connectivity index (χ1n) is 8.62. The van der Waals surface area contributed by atoms with Crippen LogP contribution >= 0.6 is 0 Å². The normalized spacial score (nSPS) is 24.5. The largest absolute Gasteiger partial charge is 0.351 e. The zero-order chi connectivity index (χ0) is 15.4. The van der Waals surface area contributed by atoms with Crippen molar-refractivity contribution in [3.63, 3.8) is 0 Å². The highest BCUT2D eigenvalue weighted by Gasteiger charge is 2.40. The van der Waals surface area contributed by atoms with Gasteiger partial charge in [-0.05, 0) is 12.8 Å². The molecule has 22 heavy (non-hydrogen) atoms. The predicted molar refractivity (Wildman–Crippen MR) is 85.3 cm³/mol. The number of rotatable bonds is 7. The Labute approximate surface area is 132 Å². The van der Waals surface area contributed by atoms with Crippen molar-refractivity contribution in [2.45, 2.75) is 75.5 Å². The minimum absolute atomic E-state index is 0.130. The smallest absolute Gasteiger partial charge is 0.220 e. The van der Waals surface area contributed by atoms with Crippen LogP contribution in [0, 0.1) is 12.3 Å². The van der Waals surface area contributed by atoms with Gasteiger partial charge in [0.25, 0.3) is 0 Å². The van der Waals surface area contributed by atoms with Crippen molar-refractivity contribution < 1.29 is 4.79 Å². The van der Waals surface area contributed by atoms with Crippen molar-refractivity contribution in [1.82, 2.24) is 10.2 Å². The summed E-state index contributed by atoms with van der Waals surface area (Å²) in [7, 11) is 0. The van der Waals surface area contributed by atoms with Gasteiger partial charge in [-0.1, -0.05) is 19.3 Å². The average Bonchev–Trinajstić information content (AvgIpc) is 3.28. The van der Waals surface area contributed by atoms with Gasteiger partial charge in [-0.3, -0.25) is 9.69 Å². The quantitative estimate of drug-likeness (QED) is 0.735. The van der Waals surface area contributed by atoms with Crippen LogP contribution in [0.5, 0.6) is 0 Å². The van der Waals surface area contributed by atoms with E-state index >= 15 is 0 Å². The number of hydrogen-bond acceptors (Lipinski definition) is 4. The zero-order valence-electron chi connectivity index (χ0n) is 13.3. The van der Waals surface area contributed by atoms with Crippen molar-refractivity contribution >= 4 is 5.91 Å². The molecule has 5 nitrogen and oxygen atoms in total. The Kier molecular flexibility index (Phi) is 4.77. The van der Waals surface area contributed by atoms with Gasteiger partial charge in [0.15, 0.2) is 5.66 Å². The van der Waals surface area contributed by atoms with Crippen molar-refractivity contribution in [3.8, 4) is 12.3 Å². The van der Waals surface area contributed by atoms with Gasteiger partial charge in [0, 0.05) is 44.8 Å². The lowest BCUT2D eigenvalue weighted by Crippen LogP contribution is -2.62. The van der Waals surface area contributed by atoms with E-state index in [0.29, 0.717) is 25.3 Å². The Morgan fingerprint density at radius 2 is 1.95 bits per heavy atom. The molecule has 1 N–H and O–H groups in total. The van der Waals surface area contributed by atoms with Gasteiger partial charge in [-0.25, -0.2) is 0 Å². The molecular formula is C17H26N4O. The van der Waals surface area contributed by atoms with E-state index < -0.39 is 0 Å². The molecular weight excluding hydrogens is 276 g/mol. The van der Waals surface area contributed by atoms with E-state index in [4.69, 9.17) is 6.42 Å². The third-order valence-corrected chi connectivity index (χ3v) is 5.17. The molecule has 0 spiro atoms. The van der Waals surface area contributed by atoms with Crippen molar-refractivity contribution in [2.75, 3.05) is 13.1 Å². The number of terminal acetylenes is 1. The molecule has 1 saturated heterocycles. The van der Waals surface area contributed by atoms with Crippen LogP contribution in [0.2, 0.25) is 0 Å². The summed E-state index contributed by atoms with van der Waals surface area (Å²) in [6, 6.07) is 1.10. The van der Waals surface area contributed by atoms with E-state index in [2.05, 4.69) is 26.4 Å². The first-order valence-corrected chi connectivity index (χ1v) is 8.62. The molecule has 0 aromatic heterocycles. The first kappa shape index (κ1) is 15.5. The summed E-state index contributed by atoms with van der Waals surface area (Å²) < 4.78 is 0. The Hall–Kier alpha value is -1.41. The Morgan fingerprint density at radius 1 is 1.23 bits per heavy atom. The van der Waals surface area contributed by atoms with Gasteiger partial charge in [0.05, 0.1) is 6.04 Å². The number of amides is 1. The van der Waals surface area contributed by atoms with Gasteiger partial charge in [0.2, 0.25) is 5.91 Å². The molecule has 1 saturated carbocycles. The summed E-state index contributed by atoms with van der Waals surface area (Å²) in [5.41, 5.74) is -0.336. The number of likely N-dealkylation sites (tertiary alicyclic amines) is 1. The molecule has 5 heteroatoms. The van der Waals surface area contributed by atoms with Crippen LogP contribution < -0.4 is 5.32 Å². The van der Waals surface area contributed by atoms with E-state index in [0.717, 1.165) is 25.6 Å². The molecule has 120 valence electrons. The van der Waals surface area contributed by atoms with Crippen LogP contribution in [0.4, 0.5) is 0 Å². The fourth-order valence-corrected chi connectivity index (χ4v) is 3.63. The van der Waals surface area contributed by atoms with Crippen LogP contribution in [0.1, 0.15) is 57.8 Å². The monoisotopic (exact) mass is 302 g/mol. The van der Waals surface area contributed by atoms with Crippen LogP contribution in [0.15, 0.2) is 10.2 Å². The van der Waals surface area contributed by atoms with Crippen LogP contribution in [0.3, 0.4) is 0 Å². The highest BCUT2D eigenvalue weighted by atomic mass is 16.1. The third kappa shape index (κ3) is 3.86. The first-order chi connectivity index (χ1) is 10.7. The summed E-state index contributed by atoms with van der Waals surface area (Å²) in [5, 5.41) is 11.3. The fourth-order valence-electron chi connectivity index (χ4n) is 3.63. The summed E-state index contributed by atoms with van der Waals surface area (Å²) in [4.78, 5) is 14.6. The SMILES string of the molecule is C#CCCC1(CCC(=O)NC2CN(C3CCCCC3)C2)N=N1. The van der Waals surface area contributed by atoms with Crippen molar-refractivity contribution in [2.24, 2.45) is 10.2 Å². The summed E-state index contributed by atoms with van der Waals surface area (Å²) in [5.74, 6) is 2.74. The number of nitrogens with one attached hydrogen (secondary N) is 1. The molecule has 0 aromatic rings. The molecule has 3 aliphatic rings. The van der Waals surface area contributed by atoms with Crippen LogP contribution in [-0.2, 0) is 4.79 Å². The third-order valence-electron chi connectivity index (χ3n) is 5.17. The molecule has 0 aromatic carbocycles. The van der Waals surface area contributed by atoms with Crippen molar-refractivity contribution in [3.05, 3.63) is 0 Å². The lowest BCUT2D eigenvalue weighted by molar-refractivity contribution is -0.123. The van der Waals surface area contributed by atoms with Crippen LogP contribution in [-0.4, -0.2) is 41.6 Å². The molecule has 3 rings (SSSR count). The second-order valence-electron chi connectivity index (χ2n) is 6.90. The molecule has 2 fully saturated rings. The molecule has 0 unspecified atom stereocenters. The topological polar surface area (TPSA) is 57.1 Å². The zero-order valence-corrected chi connectivity index (χ0v) is 13.3. The lowest BCUT2D eigenvalue weighted by atomic mass is 9.91. The second kappa shape index (κ2) is 6.78. The minimum atomic E-state index is -0.336. The molecule has 0 radical (unpaired) electrons.